The molecule has 0 bridgehead atoms. The zero-order chi connectivity index (χ0) is 56.2. The van der Waals surface area contributed by atoms with Gasteiger partial charge in [-0.2, -0.15) is 0 Å². The summed E-state index contributed by atoms with van der Waals surface area (Å²) in [6, 6.07) is 20.3. The first-order valence-corrected chi connectivity index (χ1v) is 27.7. The molecule has 5 atom stereocenters. The second-order valence-corrected chi connectivity index (χ2v) is 22.0. The van der Waals surface area contributed by atoms with Gasteiger partial charge >= 0.3 is 5.97 Å². The fourth-order valence-electron chi connectivity index (χ4n) is 9.72. The summed E-state index contributed by atoms with van der Waals surface area (Å²) in [6.45, 7) is 16.5. The summed E-state index contributed by atoms with van der Waals surface area (Å²) < 4.78 is 18.9. The number of benzene rings is 3. The highest BCUT2D eigenvalue weighted by Gasteiger charge is 2.50. The molecule has 3 aromatic carbocycles. The molecule has 19 nitrogen and oxygen atoms in total. The molecule has 2 saturated heterocycles. The summed E-state index contributed by atoms with van der Waals surface area (Å²) in [7, 11) is 0. The molecule has 2 fully saturated rings. The number of hydrogen-bond acceptors (Lipinski definition) is 12. The van der Waals surface area contributed by atoms with Crippen LogP contribution in [0.1, 0.15) is 110 Å². The molecule has 19 heteroatoms. The first-order chi connectivity index (χ1) is 37.3. The number of ketones is 1. The number of aromatic nitrogens is 3. The third-order valence-corrected chi connectivity index (χ3v) is 14.1. The van der Waals surface area contributed by atoms with Crippen molar-refractivity contribution in [2.75, 3.05) is 46.0 Å². The topological polar surface area (TPSA) is 241 Å². The number of nitrogens with one attached hydrogen (secondary N) is 5. The number of hydrogen-bond donors (Lipinski definition) is 5. The predicted molar refractivity (Wildman–Crippen MR) is 294 cm³/mol. The normalized spacial score (nSPS) is 17.2. The Hall–Kier alpha value is -6.83. The lowest BCUT2D eigenvalue weighted by Gasteiger charge is -2.41. The number of quaternary nitrogens is 1. The second-order valence-electron chi connectivity index (χ2n) is 22.0. The molecule has 0 radical (unpaired) electrons. The molecule has 2 aliphatic heterocycles. The van der Waals surface area contributed by atoms with Gasteiger partial charge in [0.2, 0.25) is 23.6 Å². The van der Waals surface area contributed by atoms with Crippen molar-refractivity contribution < 1.29 is 52.3 Å². The van der Waals surface area contributed by atoms with Gasteiger partial charge in [0.25, 0.3) is 5.91 Å². The molecule has 422 valence electrons. The van der Waals surface area contributed by atoms with Crippen LogP contribution in [0.4, 0.5) is 0 Å². The second kappa shape index (κ2) is 29.2. The highest BCUT2D eigenvalue weighted by Crippen LogP contribution is 2.32. The number of carbonyl (C=O) groups is 7. The van der Waals surface area contributed by atoms with Gasteiger partial charge in [0.05, 0.1) is 32.1 Å². The van der Waals surface area contributed by atoms with Crippen molar-refractivity contribution in [1.82, 2.24) is 41.6 Å². The Morgan fingerprint density at radius 2 is 1.36 bits per heavy atom. The van der Waals surface area contributed by atoms with Crippen LogP contribution in [0.15, 0.2) is 85.1 Å². The smallest absolute Gasteiger partial charge is 0.308 e. The van der Waals surface area contributed by atoms with Crippen LogP contribution in [0, 0.1) is 11.8 Å². The summed E-state index contributed by atoms with van der Waals surface area (Å²) in [5.41, 5.74) is 2.67. The molecule has 1 aromatic heterocycles. The monoisotopic (exact) mass is 1080 g/mol. The van der Waals surface area contributed by atoms with E-state index in [-0.39, 0.29) is 61.8 Å². The summed E-state index contributed by atoms with van der Waals surface area (Å²) in [5, 5.41) is 23.6. The van der Waals surface area contributed by atoms with E-state index in [0.717, 1.165) is 23.1 Å². The van der Waals surface area contributed by atoms with E-state index in [1.54, 1.807) is 23.9 Å². The number of esters is 1. The van der Waals surface area contributed by atoms with Gasteiger partial charge in [-0.25, -0.2) is 0 Å². The summed E-state index contributed by atoms with van der Waals surface area (Å²) >= 11 is 0. The minimum Gasteiger partial charge on any atom is -0.426 e. The van der Waals surface area contributed by atoms with Crippen molar-refractivity contribution in [3.8, 4) is 17.0 Å². The van der Waals surface area contributed by atoms with Gasteiger partial charge in [-0.1, -0.05) is 100 Å². The Bertz CT molecular complexity index is 2630. The predicted octanol–water partition coefficient (Wildman–Crippen LogP) is 5.18. The number of rotatable bonds is 31. The molecule has 0 spiro atoms. The molecule has 5 N–H and O–H groups in total. The van der Waals surface area contributed by atoms with Crippen molar-refractivity contribution in [3.05, 3.63) is 102 Å². The lowest BCUT2D eigenvalue weighted by Crippen LogP contribution is -2.61. The zero-order valence-electron chi connectivity index (χ0n) is 46.6. The molecule has 0 saturated carbocycles. The minimum absolute atomic E-state index is 0.00390. The maximum atomic E-state index is 14.7. The Labute approximate surface area is 459 Å². The fraction of sp³-hybridized carbons (Fsp3) is 0.542. The van der Waals surface area contributed by atoms with E-state index in [1.165, 1.54) is 6.92 Å². The minimum atomic E-state index is -1.10. The molecule has 78 heavy (non-hydrogen) atoms. The molecule has 2 aliphatic rings. The number of unbranched alkanes of at least 4 members (excludes halogenated alkanes) is 1. The van der Waals surface area contributed by atoms with Gasteiger partial charge in [0.1, 0.15) is 54.8 Å². The lowest BCUT2D eigenvalue weighted by atomic mass is 9.93. The van der Waals surface area contributed by atoms with Gasteiger partial charge in [0.15, 0.2) is 12.3 Å². The van der Waals surface area contributed by atoms with Gasteiger partial charge in [-0.3, -0.25) is 38.2 Å². The molecule has 0 unspecified atom stereocenters. The number of carbonyl (C=O) groups excluding carboxylic acids is 7. The maximum Gasteiger partial charge on any atom is 0.308 e. The molecular weight excluding hydrogens is 995 g/mol. The van der Waals surface area contributed by atoms with E-state index in [2.05, 4.69) is 36.9 Å². The number of amides is 5. The Morgan fingerprint density at radius 1 is 0.744 bits per heavy atom. The molecule has 5 amide bonds. The average molecular weight is 1080 g/mol. The average Bonchev–Trinajstić information content (AvgIpc) is 4.00. The van der Waals surface area contributed by atoms with E-state index < -0.39 is 53.5 Å². The molecule has 6 rings (SSSR count). The van der Waals surface area contributed by atoms with Crippen molar-refractivity contribution >= 4 is 41.3 Å². The highest BCUT2D eigenvalue weighted by atomic mass is 16.6. The van der Waals surface area contributed by atoms with Crippen LogP contribution in [0.2, 0.25) is 0 Å². The maximum absolute atomic E-state index is 14.7. The van der Waals surface area contributed by atoms with E-state index in [4.69, 9.17) is 14.2 Å². The lowest BCUT2D eigenvalue weighted by molar-refractivity contribution is -0.940. The number of Topliss-reactive ketones (excluding diaryl/α,β-unsaturated/α-hetero) is 1. The van der Waals surface area contributed by atoms with E-state index >= 15 is 0 Å². The van der Waals surface area contributed by atoms with Crippen LogP contribution < -0.4 is 31.3 Å². The molecule has 0 aliphatic carbocycles. The van der Waals surface area contributed by atoms with Crippen LogP contribution in [-0.4, -0.2) is 137 Å². The third-order valence-electron chi connectivity index (χ3n) is 14.1. The molecule has 4 aromatic rings. The van der Waals surface area contributed by atoms with Gasteiger partial charge < -0.3 is 45.3 Å². The Balaban J connectivity index is 1.20. The fourth-order valence-corrected chi connectivity index (χ4v) is 9.72. The van der Waals surface area contributed by atoms with Crippen LogP contribution in [0.3, 0.4) is 0 Å². The standard InChI is InChI=1S/C59H81N9O10/c1-8-26-60-53(70)21-15-16-27-67-36-51(65-66-67)46-34-45(23-25-52(46)78-42(6)69)37-68(28-30-76-31-29-68)38-54(71)61-47(24-22-43-17-11-9-12-18-43)56(73)63-49(33-41(4)5)57(74)64-50(35-44-19-13-10-14-20-44)58(75)62-48(32-40(2)3)55(72)59(7)39-77-59/h9-14,17-20,23,25,34,36,40-41,47-50H,8,15-16,21-22,24,26-33,35,37-39H2,1-7H3,(H4-,60,61,62,63,64,70,71,73,74,75)/p+1/t47-,48-,49-,50-,59+/m0/s1. The van der Waals surface area contributed by atoms with Crippen LogP contribution in [0.25, 0.3) is 11.3 Å². The first kappa shape index (κ1) is 60.4. The number of ether oxygens (including phenoxy) is 3. The Morgan fingerprint density at radius 3 is 2.00 bits per heavy atom. The van der Waals surface area contributed by atoms with E-state index in [1.807, 2.05) is 107 Å². The SMILES string of the molecule is CCCNC(=O)CCCCn1cc(-c2cc(C[N+]3(CC(=O)N[C@@H](CCc4ccccc4)C(=O)N[C@@H](CC(C)C)C(=O)N[C@@H](Cc4ccccc4)C(=O)N[C@@H](CC(C)C)C(=O)[C@@]4(C)CO4)CCOCC3)ccc2OC(C)=O)nn1. The van der Waals surface area contributed by atoms with Gasteiger partial charge in [-0.05, 0) is 93.0 Å². The quantitative estimate of drug-likeness (QED) is 0.0144. The van der Waals surface area contributed by atoms with Crippen LogP contribution in [-0.2, 0) is 69.0 Å². The molecule has 3 heterocycles. The van der Waals surface area contributed by atoms with E-state index in [9.17, 15) is 33.6 Å². The number of morpholine rings is 1. The number of epoxide rings is 1. The van der Waals surface area contributed by atoms with Crippen molar-refractivity contribution in [2.24, 2.45) is 11.8 Å². The highest BCUT2D eigenvalue weighted by molar-refractivity contribution is 5.99. The molecular formula is C59H82N9O10+. The van der Waals surface area contributed by atoms with Crippen LogP contribution in [0.5, 0.6) is 5.75 Å². The van der Waals surface area contributed by atoms with E-state index in [0.29, 0.717) is 99.5 Å². The van der Waals surface area contributed by atoms with Crippen molar-refractivity contribution in [3.63, 3.8) is 0 Å². The summed E-state index contributed by atoms with van der Waals surface area (Å²) in [6.07, 6.45) is 5.89. The number of nitrogens with zero attached hydrogens (tertiary/aromatic N) is 4. The Kier molecular flexibility index (Phi) is 22.6. The zero-order valence-corrected chi connectivity index (χ0v) is 46.6. The van der Waals surface area contributed by atoms with Gasteiger partial charge in [-0.15, -0.1) is 5.10 Å². The largest absolute Gasteiger partial charge is 0.426 e. The van der Waals surface area contributed by atoms with Crippen molar-refractivity contribution in [1.29, 1.82) is 0 Å². The van der Waals surface area contributed by atoms with Crippen LogP contribution >= 0.6 is 0 Å². The van der Waals surface area contributed by atoms with Gasteiger partial charge in [0, 0.05) is 44.0 Å². The third kappa shape index (κ3) is 19.0. The van der Waals surface area contributed by atoms with Crippen molar-refractivity contribution in [2.45, 2.75) is 149 Å². The first-order valence-electron chi connectivity index (χ1n) is 27.7. The summed E-state index contributed by atoms with van der Waals surface area (Å²) in [5.74, 6) is -2.40. The number of aryl methyl sites for hydroxylation is 2. The summed E-state index contributed by atoms with van der Waals surface area (Å²) in [4.78, 5) is 96.0.